The summed E-state index contributed by atoms with van der Waals surface area (Å²) in [6, 6.07) is 10.5. The number of ether oxygens (including phenoxy) is 6. The van der Waals surface area contributed by atoms with E-state index in [-0.39, 0.29) is 6.42 Å². The molecule has 32 heavy (non-hydrogen) atoms. The van der Waals surface area contributed by atoms with Gasteiger partial charge >= 0.3 is 5.97 Å². The molecule has 0 aliphatic heterocycles. The fourth-order valence-corrected chi connectivity index (χ4v) is 2.81. The lowest BCUT2D eigenvalue weighted by atomic mass is 10.2. The largest absolute Gasteiger partial charge is 0.493 e. The molecule has 0 unspecified atom stereocenters. The zero-order valence-electron chi connectivity index (χ0n) is 18.8. The van der Waals surface area contributed by atoms with Gasteiger partial charge in [-0.1, -0.05) is 12.1 Å². The van der Waals surface area contributed by atoms with Crippen molar-refractivity contribution < 1.29 is 38.0 Å². The summed E-state index contributed by atoms with van der Waals surface area (Å²) < 4.78 is 31.9. The van der Waals surface area contributed by atoms with Gasteiger partial charge in [0.05, 0.1) is 34.5 Å². The van der Waals surface area contributed by atoms with E-state index in [0.717, 1.165) is 0 Å². The van der Waals surface area contributed by atoms with E-state index in [2.05, 4.69) is 5.32 Å². The highest BCUT2D eigenvalue weighted by Crippen LogP contribution is 2.39. The number of methoxy groups -OCH3 is 3. The van der Waals surface area contributed by atoms with Crippen molar-refractivity contribution in [3.05, 3.63) is 36.4 Å². The Kier molecular flexibility index (Phi) is 9.96. The molecule has 0 spiro atoms. The van der Waals surface area contributed by atoms with E-state index in [1.165, 1.54) is 21.3 Å². The van der Waals surface area contributed by atoms with Crippen molar-refractivity contribution in [3.8, 4) is 28.7 Å². The number of nitrogens with one attached hydrogen (secondary N) is 1. The topological polar surface area (TPSA) is 102 Å². The van der Waals surface area contributed by atoms with Crippen molar-refractivity contribution in [2.24, 2.45) is 0 Å². The molecular weight excluding hydrogens is 418 g/mol. The predicted octanol–water partition coefficient (Wildman–Crippen LogP) is 3.45. The SMILES string of the molecule is CCOc1ccccc1OCCCC(=O)OCC(=O)Nc1cc(OC)c(OC)c(OC)c1. The lowest BCUT2D eigenvalue weighted by Gasteiger charge is -2.14. The molecule has 1 N–H and O–H groups in total. The molecule has 2 rings (SSSR count). The Labute approximate surface area is 187 Å². The third-order valence-corrected chi connectivity index (χ3v) is 4.24. The summed E-state index contributed by atoms with van der Waals surface area (Å²) in [7, 11) is 4.44. The van der Waals surface area contributed by atoms with Gasteiger partial charge in [0.2, 0.25) is 5.75 Å². The number of amides is 1. The number of carbonyl (C=O) groups excluding carboxylic acids is 2. The van der Waals surface area contributed by atoms with E-state index in [4.69, 9.17) is 28.4 Å². The Morgan fingerprint density at radius 1 is 0.875 bits per heavy atom. The van der Waals surface area contributed by atoms with E-state index in [0.29, 0.717) is 54.1 Å². The Hall–Kier alpha value is -3.62. The maximum Gasteiger partial charge on any atom is 0.306 e. The van der Waals surface area contributed by atoms with Crippen LogP contribution in [0.3, 0.4) is 0 Å². The van der Waals surface area contributed by atoms with Crippen molar-refractivity contribution in [1.82, 2.24) is 0 Å². The van der Waals surface area contributed by atoms with E-state index in [1.54, 1.807) is 18.2 Å². The van der Waals surface area contributed by atoms with E-state index < -0.39 is 18.5 Å². The van der Waals surface area contributed by atoms with Crippen LogP contribution >= 0.6 is 0 Å². The Morgan fingerprint density at radius 2 is 1.50 bits per heavy atom. The Balaban J connectivity index is 1.76. The molecule has 0 aliphatic carbocycles. The third-order valence-electron chi connectivity index (χ3n) is 4.24. The molecule has 2 aromatic rings. The standard InChI is InChI=1S/C23H29NO8/c1-5-30-17-9-6-7-10-18(17)31-12-8-11-22(26)32-15-21(25)24-16-13-19(27-2)23(29-4)20(14-16)28-3/h6-7,9-10,13-14H,5,8,11-12,15H2,1-4H3,(H,24,25). The number of para-hydroxylation sites is 2. The fraction of sp³-hybridized carbons (Fsp3) is 0.391. The molecule has 2 aromatic carbocycles. The molecular formula is C23H29NO8. The summed E-state index contributed by atoms with van der Waals surface area (Å²) in [5, 5.41) is 2.63. The summed E-state index contributed by atoms with van der Waals surface area (Å²) in [5.41, 5.74) is 0.418. The highest BCUT2D eigenvalue weighted by molar-refractivity contribution is 5.93. The van der Waals surface area contributed by atoms with Crippen LogP contribution < -0.4 is 29.0 Å². The predicted molar refractivity (Wildman–Crippen MR) is 118 cm³/mol. The first kappa shape index (κ1) is 24.6. The minimum absolute atomic E-state index is 0.119. The zero-order chi connectivity index (χ0) is 23.3. The second kappa shape index (κ2) is 12.9. The maximum absolute atomic E-state index is 12.1. The monoisotopic (exact) mass is 447 g/mol. The van der Waals surface area contributed by atoms with Crippen LogP contribution in [0.4, 0.5) is 5.69 Å². The molecule has 0 aromatic heterocycles. The third kappa shape index (κ3) is 7.26. The molecule has 0 fully saturated rings. The van der Waals surface area contributed by atoms with Crippen LogP contribution in [0.25, 0.3) is 0 Å². The van der Waals surface area contributed by atoms with Crippen molar-refractivity contribution in [1.29, 1.82) is 0 Å². The van der Waals surface area contributed by atoms with Gasteiger partial charge in [-0.05, 0) is 25.5 Å². The van der Waals surface area contributed by atoms with Crippen LogP contribution in [0, 0.1) is 0 Å². The van der Waals surface area contributed by atoms with E-state index in [1.807, 2.05) is 25.1 Å². The number of benzene rings is 2. The van der Waals surface area contributed by atoms with Gasteiger partial charge < -0.3 is 33.7 Å². The lowest BCUT2D eigenvalue weighted by molar-refractivity contribution is -0.147. The lowest BCUT2D eigenvalue weighted by Crippen LogP contribution is -2.21. The molecule has 0 atom stereocenters. The first-order chi connectivity index (χ1) is 15.5. The minimum atomic E-state index is -0.494. The number of carbonyl (C=O) groups is 2. The minimum Gasteiger partial charge on any atom is -0.493 e. The Morgan fingerprint density at radius 3 is 2.06 bits per heavy atom. The van der Waals surface area contributed by atoms with Crippen molar-refractivity contribution >= 4 is 17.6 Å². The van der Waals surface area contributed by atoms with Gasteiger partial charge in [-0.3, -0.25) is 9.59 Å². The number of anilines is 1. The first-order valence-corrected chi connectivity index (χ1v) is 10.1. The Bertz CT molecular complexity index is 874. The number of hydrogen-bond acceptors (Lipinski definition) is 8. The van der Waals surface area contributed by atoms with Gasteiger partial charge in [0.15, 0.2) is 29.6 Å². The van der Waals surface area contributed by atoms with Gasteiger partial charge in [-0.2, -0.15) is 0 Å². The van der Waals surface area contributed by atoms with Crippen LogP contribution in [0.2, 0.25) is 0 Å². The number of hydrogen-bond donors (Lipinski definition) is 1. The molecule has 0 radical (unpaired) electrons. The van der Waals surface area contributed by atoms with Crippen LogP contribution in [0.1, 0.15) is 19.8 Å². The summed E-state index contributed by atoms with van der Waals surface area (Å²) in [6.45, 7) is 2.33. The molecule has 1 amide bonds. The molecule has 0 saturated carbocycles. The van der Waals surface area contributed by atoms with Gasteiger partial charge in [-0.25, -0.2) is 0 Å². The summed E-state index contributed by atoms with van der Waals surface area (Å²) in [4.78, 5) is 24.1. The smallest absolute Gasteiger partial charge is 0.306 e. The zero-order valence-corrected chi connectivity index (χ0v) is 18.8. The van der Waals surface area contributed by atoms with Gasteiger partial charge in [0, 0.05) is 24.2 Å². The summed E-state index contributed by atoms with van der Waals surface area (Å²) in [5.74, 6) is 1.48. The van der Waals surface area contributed by atoms with Crippen LogP contribution in [-0.4, -0.2) is 53.0 Å². The van der Waals surface area contributed by atoms with E-state index in [9.17, 15) is 9.59 Å². The van der Waals surface area contributed by atoms with Crippen molar-refractivity contribution in [3.63, 3.8) is 0 Å². The van der Waals surface area contributed by atoms with Crippen molar-refractivity contribution in [2.45, 2.75) is 19.8 Å². The molecule has 0 bridgehead atoms. The normalized spacial score (nSPS) is 10.1. The molecule has 9 nitrogen and oxygen atoms in total. The van der Waals surface area contributed by atoms with E-state index >= 15 is 0 Å². The van der Waals surface area contributed by atoms with Crippen molar-refractivity contribution in [2.75, 3.05) is 46.5 Å². The van der Waals surface area contributed by atoms with Gasteiger partial charge in [0.25, 0.3) is 5.91 Å². The van der Waals surface area contributed by atoms with Crippen LogP contribution in [0.15, 0.2) is 36.4 Å². The highest BCUT2D eigenvalue weighted by atomic mass is 16.5. The highest BCUT2D eigenvalue weighted by Gasteiger charge is 2.15. The van der Waals surface area contributed by atoms with Crippen LogP contribution in [-0.2, 0) is 14.3 Å². The number of esters is 1. The average Bonchev–Trinajstić information content (AvgIpc) is 2.80. The average molecular weight is 447 g/mol. The molecule has 0 saturated heterocycles. The summed E-state index contributed by atoms with van der Waals surface area (Å²) >= 11 is 0. The molecule has 0 heterocycles. The fourth-order valence-electron chi connectivity index (χ4n) is 2.81. The maximum atomic E-state index is 12.1. The second-order valence-electron chi connectivity index (χ2n) is 6.45. The summed E-state index contributed by atoms with van der Waals surface area (Å²) in [6.07, 6.45) is 0.558. The number of rotatable bonds is 13. The molecule has 0 aliphatic rings. The molecule has 9 heteroatoms. The molecule has 174 valence electrons. The van der Waals surface area contributed by atoms with Gasteiger partial charge in [-0.15, -0.1) is 0 Å². The second-order valence-corrected chi connectivity index (χ2v) is 6.45. The van der Waals surface area contributed by atoms with Crippen LogP contribution in [0.5, 0.6) is 28.7 Å². The quantitative estimate of drug-likeness (QED) is 0.368. The first-order valence-electron chi connectivity index (χ1n) is 10.1. The van der Waals surface area contributed by atoms with Gasteiger partial charge in [0.1, 0.15) is 0 Å².